The van der Waals surface area contributed by atoms with Crippen LogP contribution in [-0.2, 0) is 77.0 Å². The lowest BCUT2D eigenvalue weighted by atomic mass is 9.95. The van der Waals surface area contributed by atoms with Crippen molar-refractivity contribution in [1.29, 1.82) is 0 Å². The lowest BCUT2D eigenvalue weighted by molar-refractivity contribution is 0.0384. The average Bonchev–Trinajstić information content (AvgIpc) is 3.99. The molecule has 2 aromatic carbocycles. The molecule has 12 rings (SSSR count). The summed E-state index contributed by atoms with van der Waals surface area (Å²) in [6.45, 7) is 10.6. The quantitative estimate of drug-likeness (QED) is 0.144. The van der Waals surface area contributed by atoms with Crippen LogP contribution in [0.3, 0.4) is 0 Å². The van der Waals surface area contributed by atoms with Gasteiger partial charge in [-0.2, -0.15) is 0 Å². The van der Waals surface area contributed by atoms with Crippen molar-refractivity contribution in [2.75, 3.05) is 47.9 Å². The summed E-state index contributed by atoms with van der Waals surface area (Å²) in [5.41, 5.74) is 15.7. The van der Waals surface area contributed by atoms with Crippen LogP contribution in [0.15, 0.2) is 128 Å². The van der Waals surface area contributed by atoms with Gasteiger partial charge in [0.15, 0.2) is 0 Å². The van der Waals surface area contributed by atoms with Gasteiger partial charge < -0.3 is 38.2 Å². The molecule has 13 heteroatoms. The molecule has 1 N–H and O–H groups in total. The van der Waals surface area contributed by atoms with E-state index in [1.165, 1.54) is 66.7 Å². The number of hydrogen-bond donors (Lipinski definition) is 1. The molecule has 10 heterocycles. The highest BCUT2D eigenvalue weighted by Crippen LogP contribution is 2.36. The van der Waals surface area contributed by atoms with Crippen LogP contribution in [0.4, 0.5) is 0 Å². The number of methoxy groups -OCH3 is 1. The first-order valence-corrected chi connectivity index (χ1v) is 25.3. The first kappa shape index (κ1) is 48.2. The standard InChI is InChI=1S/C22H25ClN2O2.2C18H20N4/c1-22(26,15-4-7-17(27-3)8-5-15)14-25-20-9-6-16(23)12-18(20)19-13-24(2)11-10-21(19)25;1-21-10-6-17-16(13-21)15-4-9-20-12-18(15)22(17)11-5-14-2-7-19-8-3-14;1-21-11-8-16-15(13-21)18-17(6-4-10-20-18)22(16)12-7-14-5-2-3-9-19-14/h4-9,12,26H,10-11,13-14H2,1-3H3;2-4,7-9,12H,5-6,10-11,13H2,1H3;2-6,9-10H,7-8,11-13H2,1H3. The van der Waals surface area contributed by atoms with Crippen molar-refractivity contribution in [2.24, 2.45) is 0 Å². The van der Waals surface area contributed by atoms with Crippen LogP contribution in [0.25, 0.3) is 32.8 Å². The van der Waals surface area contributed by atoms with Gasteiger partial charge in [-0.3, -0.25) is 19.9 Å². The number of ether oxygens (including phenoxy) is 1. The van der Waals surface area contributed by atoms with Crippen LogP contribution >= 0.6 is 11.6 Å². The topological polar surface area (TPSA) is 106 Å². The summed E-state index contributed by atoms with van der Waals surface area (Å²) in [6.07, 6.45) is 16.6. The zero-order chi connectivity index (χ0) is 49.1. The normalized spacial score (nSPS) is 15.8. The second kappa shape index (κ2) is 21.1. The minimum atomic E-state index is -0.991. The lowest BCUT2D eigenvalue weighted by Crippen LogP contribution is -2.31. The molecular formula is C58H65ClN10O2. The van der Waals surface area contributed by atoms with E-state index in [0.29, 0.717) is 6.54 Å². The Morgan fingerprint density at radius 2 is 1.24 bits per heavy atom. The van der Waals surface area contributed by atoms with E-state index >= 15 is 0 Å². The number of aryl methyl sites for hydroxylation is 4. The van der Waals surface area contributed by atoms with Gasteiger partial charge in [0.1, 0.15) is 11.4 Å². The molecule has 0 saturated carbocycles. The van der Waals surface area contributed by atoms with E-state index in [0.717, 1.165) is 112 Å². The molecule has 0 radical (unpaired) electrons. The van der Waals surface area contributed by atoms with Crippen molar-refractivity contribution >= 4 is 44.4 Å². The average molecular weight is 970 g/mol. The predicted molar refractivity (Wildman–Crippen MR) is 285 cm³/mol. The van der Waals surface area contributed by atoms with Crippen molar-refractivity contribution in [3.63, 3.8) is 0 Å². The number of halogens is 1. The molecular weight excluding hydrogens is 904 g/mol. The molecule has 0 amide bonds. The first-order chi connectivity index (χ1) is 34.5. The van der Waals surface area contributed by atoms with Crippen molar-refractivity contribution in [1.82, 2.24) is 48.3 Å². The number of aliphatic hydroxyl groups is 1. The number of rotatable bonds is 10. The van der Waals surface area contributed by atoms with Gasteiger partial charge in [0.2, 0.25) is 0 Å². The van der Waals surface area contributed by atoms with Crippen LogP contribution in [0.1, 0.15) is 57.5 Å². The van der Waals surface area contributed by atoms with Crippen molar-refractivity contribution in [3.8, 4) is 5.75 Å². The second-order valence-electron chi connectivity index (χ2n) is 19.7. The van der Waals surface area contributed by atoms with Crippen LogP contribution in [-0.4, -0.2) is 101 Å². The Kier molecular flexibility index (Phi) is 14.4. The number of benzene rings is 2. The van der Waals surface area contributed by atoms with Crippen LogP contribution in [0.2, 0.25) is 5.02 Å². The summed E-state index contributed by atoms with van der Waals surface area (Å²) in [5.74, 6) is 0.788. The molecule has 3 aliphatic heterocycles. The van der Waals surface area contributed by atoms with Gasteiger partial charge in [0.05, 0.1) is 36.4 Å². The van der Waals surface area contributed by atoms with Gasteiger partial charge >= 0.3 is 0 Å². The summed E-state index contributed by atoms with van der Waals surface area (Å²) >= 11 is 6.28. The largest absolute Gasteiger partial charge is 0.497 e. The summed E-state index contributed by atoms with van der Waals surface area (Å²) in [4.78, 5) is 24.6. The highest BCUT2D eigenvalue weighted by atomic mass is 35.5. The van der Waals surface area contributed by atoms with E-state index in [1.807, 2.05) is 92.6 Å². The number of hydrogen-bond acceptors (Lipinski definition) is 9. The Hall–Kier alpha value is -6.41. The van der Waals surface area contributed by atoms with E-state index in [1.54, 1.807) is 7.11 Å². The molecule has 0 saturated heterocycles. The van der Waals surface area contributed by atoms with Crippen LogP contribution in [0, 0.1) is 0 Å². The van der Waals surface area contributed by atoms with E-state index < -0.39 is 5.60 Å². The molecule has 0 bridgehead atoms. The second-order valence-corrected chi connectivity index (χ2v) is 20.2. The highest BCUT2D eigenvalue weighted by molar-refractivity contribution is 6.31. The lowest BCUT2D eigenvalue weighted by Gasteiger charge is -2.29. The van der Waals surface area contributed by atoms with E-state index in [-0.39, 0.29) is 0 Å². The Balaban J connectivity index is 0.000000124. The Morgan fingerprint density at radius 1 is 0.606 bits per heavy atom. The fourth-order valence-corrected chi connectivity index (χ4v) is 11.2. The molecule has 0 aliphatic carbocycles. The molecule has 0 spiro atoms. The molecule has 1 atom stereocenters. The molecule has 7 aromatic heterocycles. The molecule has 1 unspecified atom stereocenters. The van der Waals surface area contributed by atoms with Crippen LogP contribution < -0.4 is 4.74 Å². The predicted octanol–water partition coefficient (Wildman–Crippen LogP) is 9.52. The third-order valence-corrected chi connectivity index (χ3v) is 15.0. The monoisotopic (exact) mass is 968 g/mol. The maximum atomic E-state index is 11.3. The van der Waals surface area contributed by atoms with Gasteiger partial charge in [-0.05, 0) is 130 Å². The summed E-state index contributed by atoms with van der Waals surface area (Å²) in [6, 6.07) is 30.4. The third-order valence-electron chi connectivity index (χ3n) is 14.7. The molecule has 3 aliphatic rings. The Morgan fingerprint density at radius 3 is 1.94 bits per heavy atom. The zero-order valence-electron chi connectivity index (χ0n) is 41.7. The molecule has 12 nitrogen and oxygen atoms in total. The number of pyridine rings is 4. The van der Waals surface area contributed by atoms with Gasteiger partial charge in [0, 0.05) is 159 Å². The van der Waals surface area contributed by atoms with Crippen molar-refractivity contribution < 1.29 is 9.84 Å². The van der Waals surface area contributed by atoms with Gasteiger partial charge in [-0.1, -0.05) is 29.8 Å². The third kappa shape index (κ3) is 10.4. The van der Waals surface area contributed by atoms with Gasteiger partial charge in [-0.25, -0.2) is 0 Å². The number of aromatic nitrogens is 7. The Bertz CT molecular complexity index is 3120. The minimum Gasteiger partial charge on any atom is -0.497 e. The van der Waals surface area contributed by atoms with E-state index in [9.17, 15) is 5.11 Å². The van der Waals surface area contributed by atoms with Crippen LogP contribution in [0.5, 0.6) is 5.75 Å². The van der Waals surface area contributed by atoms with E-state index in [4.69, 9.17) is 16.3 Å². The van der Waals surface area contributed by atoms with Crippen molar-refractivity contribution in [2.45, 2.75) is 83.9 Å². The Labute approximate surface area is 422 Å². The summed E-state index contributed by atoms with van der Waals surface area (Å²) in [7, 11) is 8.17. The molecule has 9 aromatic rings. The smallest absolute Gasteiger partial charge is 0.118 e. The number of likely N-dealkylation sites (N-methyl/N-ethyl adjacent to an activating group) is 3. The number of nitrogens with zero attached hydrogens (tertiary/aromatic N) is 10. The summed E-state index contributed by atoms with van der Waals surface area (Å²) < 4.78 is 12.4. The fourth-order valence-electron chi connectivity index (χ4n) is 11.0. The summed E-state index contributed by atoms with van der Waals surface area (Å²) in [5, 5.41) is 14.6. The fraction of sp³-hybridized carbons (Fsp3) is 0.345. The molecule has 0 fully saturated rings. The van der Waals surface area contributed by atoms with Crippen molar-refractivity contribution in [3.05, 3.63) is 184 Å². The maximum absolute atomic E-state index is 11.3. The SMILES string of the molecule is CN1CCc2c(c3ccncc3n2CCc2ccncc2)C1.CN1CCc2c(c3ncccc3n2CCc2ccccn2)C1.COc1ccc(C(C)(O)Cn2c3c(c4cc(Cl)ccc42)CN(C)CC3)cc1. The number of fused-ring (bicyclic) bond motifs is 9. The zero-order valence-corrected chi connectivity index (χ0v) is 42.5. The minimum absolute atomic E-state index is 0.497. The van der Waals surface area contributed by atoms with Gasteiger partial charge in [-0.15, -0.1) is 0 Å². The highest BCUT2D eigenvalue weighted by Gasteiger charge is 2.30. The maximum Gasteiger partial charge on any atom is 0.118 e. The first-order valence-electron chi connectivity index (χ1n) is 24.9. The van der Waals surface area contributed by atoms with Gasteiger partial charge in [0.25, 0.3) is 0 Å². The molecule has 366 valence electrons. The van der Waals surface area contributed by atoms with E-state index in [2.05, 4.69) is 112 Å². The molecule has 71 heavy (non-hydrogen) atoms.